The van der Waals surface area contributed by atoms with Crippen molar-refractivity contribution in [2.24, 2.45) is 16.2 Å². The summed E-state index contributed by atoms with van der Waals surface area (Å²) < 4.78 is 0. The maximum Gasteiger partial charge on any atom is 0.228 e. The molecule has 15 heavy (non-hydrogen) atoms. The van der Waals surface area contributed by atoms with Crippen molar-refractivity contribution in [2.45, 2.75) is 61.3 Å². The van der Waals surface area contributed by atoms with Gasteiger partial charge in [-0.1, -0.05) is 48.5 Å². The lowest BCUT2D eigenvalue weighted by Gasteiger charge is -2.44. The molecule has 0 aromatic rings. The van der Waals surface area contributed by atoms with Crippen LogP contribution in [0, 0.1) is 16.2 Å². The zero-order valence-electron chi connectivity index (χ0n) is 11.2. The van der Waals surface area contributed by atoms with E-state index >= 15 is 0 Å². The van der Waals surface area contributed by atoms with E-state index in [1.807, 2.05) is 6.92 Å². The minimum absolute atomic E-state index is 0.0564. The molecule has 1 nitrogen and oxygen atoms in total. The van der Waals surface area contributed by atoms with Gasteiger partial charge in [-0.25, -0.2) is 0 Å². The molecule has 90 valence electrons. The predicted molar refractivity (Wildman–Crippen MR) is 67.1 cm³/mol. The van der Waals surface area contributed by atoms with Crippen LogP contribution in [0.4, 0.5) is 0 Å². The van der Waals surface area contributed by atoms with Crippen molar-refractivity contribution < 1.29 is 4.79 Å². The summed E-state index contributed by atoms with van der Waals surface area (Å²) in [6, 6.07) is 0. The van der Waals surface area contributed by atoms with E-state index in [-0.39, 0.29) is 16.1 Å². The molecule has 0 bridgehead atoms. The summed E-state index contributed by atoms with van der Waals surface area (Å²) in [5.74, 6) is 0. The quantitative estimate of drug-likeness (QED) is 0.646. The summed E-state index contributed by atoms with van der Waals surface area (Å²) in [4.78, 5) is 11.7. The van der Waals surface area contributed by atoms with Crippen LogP contribution in [0.3, 0.4) is 0 Å². The van der Waals surface area contributed by atoms with E-state index in [4.69, 9.17) is 11.6 Å². The average molecular weight is 233 g/mol. The zero-order valence-corrected chi connectivity index (χ0v) is 12.0. The van der Waals surface area contributed by atoms with Gasteiger partial charge in [-0.05, 0) is 35.3 Å². The average Bonchev–Trinajstić information content (AvgIpc) is 2.00. The van der Waals surface area contributed by atoms with Gasteiger partial charge in [0.05, 0.1) is 0 Å². The lowest BCUT2D eigenvalue weighted by atomic mass is 9.60. The Morgan fingerprint density at radius 2 is 1.47 bits per heavy atom. The Kier molecular flexibility index (Phi) is 4.44. The summed E-state index contributed by atoms with van der Waals surface area (Å²) in [7, 11) is 0. The minimum Gasteiger partial charge on any atom is -0.281 e. The van der Waals surface area contributed by atoms with Crippen LogP contribution in [-0.2, 0) is 4.79 Å². The van der Waals surface area contributed by atoms with Gasteiger partial charge in [0.1, 0.15) is 0 Å². The second kappa shape index (κ2) is 4.45. The summed E-state index contributed by atoms with van der Waals surface area (Å²) in [6.45, 7) is 14.8. The first-order chi connectivity index (χ1) is 6.46. The first kappa shape index (κ1) is 15.0. The highest BCUT2D eigenvalue weighted by atomic mass is 35.5. The Labute approximate surface area is 99.6 Å². The SMILES string of the molecule is CCC(C)(C)C(C)(CC(C)(C)C)C(=O)Cl. The van der Waals surface area contributed by atoms with Gasteiger partial charge in [0.2, 0.25) is 5.24 Å². The predicted octanol–water partition coefficient (Wildman–Crippen LogP) is 4.63. The molecule has 0 radical (unpaired) electrons. The molecular formula is C13H25ClO. The maximum absolute atomic E-state index is 11.7. The molecule has 0 rings (SSSR count). The van der Waals surface area contributed by atoms with Gasteiger partial charge in [-0.15, -0.1) is 0 Å². The third kappa shape index (κ3) is 3.48. The number of hydrogen-bond donors (Lipinski definition) is 0. The lowest BCUT2D eigenvalue weighted by molar-refractivity contribution is -0.128. The topological polar surface area (TPSA) is 17.1 Å². The van der Waals surface area contributed by atoms with E-state index in [0.717, 1.165) is 12.8 Å². The second-order valence-electron chi connectivity index (χ2n) is 6.58. The van der Waals surface area contributed by atoms with Crippen molar-refractivity contribution in [1.29, 1.82) is 0 Å². The van der Waals surface area contributed by atoms with Crippen LogP contribution in [0.5, 0.6) is 0 Å². The first-order valence-corrected chi connectivity index (χ1v) is 6.04. The van der Waals surface area contributed by atoms with Gasteiger partial charge in [0.15, 0.2) is 0 Å². The molecular weight excluding hydrogens is 208 g/mol. The highest BCUT2D eigenvalue weighted by molar-refractivity contribution is 6.64. The zero-order chi connectivity index (χ0) is 12.5. The maximum atomic E-state index is 11.7. The van der Waals surface area contributed by atoms with E-state index in [1.54, 1.807) is 0 Å². The van der Waals surface area contributed by atoms with Gasteiger partial charge in [0, 0.05) is 5.41 Å². The van der Waals surface area contributed by atoms with Gasteiger partial charge in [0.25, 0.3) is 0 Å². The molecule has 0 aliphatic heterocycles. The molecule has 0 N–H and O–H groups in total. The molecule has 1 unspecified atom stereocenters. The van der Waals surface area contributed by atoms with Crippen LogP contribution in [0.15, 0.2) is 0 Å². The smallest absolute Gasteiger partial charge is 0.228 e. The van der Waals surface area contributed by atoms with Crippen LogP contribution >= 0.6 is 11.6 Å². The highest BCUT2D eigenvalue weighted by Gasteiger charge is 2.47. The summed E-state index contributed by atoms with van der Waals surface area (Å²) >= 11 is 5.82. The molecule has 0 saturated carbocycles. The number of carbonyl (C=O) groups is 1. The monoisotopic (exact) mass is 232 g/mol. The Hall–Kier alpha value is -0.0400. The molecule has 1 atom stereocenters. The Morgan fingerprint density at radius 1 is 1.07 bits per heavy atom. The van der Waals surface area contributed by atoms with Crippen LogP contribution < -0.4 is 0 Å². The number of rotatable bonds is 4. The van der Waals surface area contributed by atoms with Gasteiger partial charge in [-0.3, -0.25) is 4.79 Å². The van der Waals surface area contributed by atoms with Crippen LogP contribution in [0.1, 0.15) is 61.3 Å². The van der Waals surface area contributed by atoms with Crippen LogP contribution in [0.2, 0.25) is 0 Å². The van der Waals surface area contributed by atoms with Gasteiger partial charge in [-0.2, -0.15) is 0 Å². The Bertz CT molecular complexity index is 237. The number of halogens is 1. The van der Waals surface area contributed by atoms with E-state index < -0.39 is 5.41 Å². The third-order valence-corrected chi connectivity index (χ3v) is 4.11. The fraction of sp³-hybridized carbons (Fsp3) is 0.923. The molecule has 0 aliphatic rings. The standard InChI is InChI=1S/C13H25ClO/c1-8-12(5,6)13(7,10(14)15)9-11(2,3)4/h8-9H2,1-7H3. The molecule has 0 amide bonds. The third-order valence-electron chi connectivity index (χ3n) is 3.70. The fourth-order valence-corrected chi connectivity index (χ4v) is 2.35. The van der Waals surface area contributed by atoms with Crippen molar-refractivity contribution in [3.05, 3.63) is 0 Å². The van der Waals surface area contributed by atoms with E-state index in [9.17, 15) is 4.79 Å². The molecule has 0 fully saturated rings. The fourth-order valence-electron chi connectivity index (χ4n) is 2.03. The molecule has 0 aromatic carbocycles. The minimum atomic E-state index is -0.443. The number of hydrogen-bond acceptors (Lipinski definition) is 1. The van der Waals surface area contributed by atoms with Crippen molar-refractivity contribution in [3.8, 4) is 0 Å². The first-order valence-electron chi connectivity index (χ1n) is 5.66. The molecule has 0 aliphatic carbocycles. The van der Waals surface area contributed by atoms with Crippen molar-refractivity contribution in [2.75, 3.05) is 0 Å². The van der Waals surface area contributed by atoms with E-state index in [0.29, 0.717) is 0 Å². The summed E-state index contributed by atoms with van der Waals surface area (Å²) in [5.41, 5.74) is -0.383. The van der Waals surface area contributed by atoms with Crippen molar-refractivity contribution in [3.63, 3.8) is 0 Å². The van der Waals surface area contributed by atoms with E-state index in [1.165, 1.54) is 0 Å². The number of carbonyl (C=O) groups excluding carboxylic acids is 1. The van der Waals surface area contributed by atoms with Crippen molar-refractivity contribution >= 4 is 16.8 Å². The van der Waals surface area contributed by atoms with Gasteiger partial charge >= 0.3 is 0 Å². The van der Waals surface area contributed by atoms with E-state index in [2.05, 4.69) is 41.5 Å². The Morgan fingerprint density at radius 3 is 1.67 bits per heavy atom. The normalized spacial score (nSPS) is 17.3. The van der Waals surface area contributed by atoms with Crippen LogP contribution in [0.25, 0.3) is 0 Å². The van der Waals surface area contributed by atoms with Gasteiger partial charge < -0.3 is 0 Å². The summed E-state index contributed by atoms with van der Waals surface area (Å²) in [6.07, 6.45) is 1.78. The highest BCUT2D eigenvalue weighted by Crippen LogP contribution is 2.49. The largest absolute Gasteiger partial charge is 0.281 e. The van der Waals surface area contributed by atoms with Crippen LogP contribution in [-0.4, -0.2) is 5.24 Å². The second-order valence-corrected chi connectivity index (χ2v) is 6.92. The molecule has 0 saturated heterocycles. The Balaban J connectivity index is 5.18. The molecule has 2 heteroatoms. The molecule has 0 spiro atoms. The molecule has 0 heterocycles. The van der Waals surface area contributed by atoms with Crippen molar-refractivity contribution in [1.82, 2.24) is 0 Å². The summed E-state index contributed by atoms with van der Waals surface area (Å²) in [5, 5.41) is -0.204. The molecule has 0 aromatic heterocycles. The lowest BCUT2D eigenvalue weighted by Crippen LogP contribution is -2.42.